The number of rotatable bonds is 17. The predicted octanol–water partition coefficient (Wildman–Crippen LogP) is 2.00. The maximum atomic E-state index is 12.4. The summed E-state index contributed by atoms with van der Waals surface area (Å²) in [5.74, 6) is 1.42. The van der Waals surface area contributed by atoms with E-state index in [1.807, 2.05) is 141 Å². The van der Waals surface area contributed by atoms with Gasteiger partial charge >= 0.3 is 0 Å². The number of aliphatic hydroxyl groups is 4. The van der Waals surface area contributed by atoms with Crippen LogP contribution in [-0.2, 0) is 22.7 Å². The van der Waals surface area contributed by atoms with Crippen molar-refractivity contribution in [2.24, 2.45) is 0 Å². The molecule has 0 radical (unpaired) electrons. The van der Waals surface area contributed by atoms with E-state index < -0.39 is 24.4 Å². The van der Waals surface area contributed by atoms with Crippen LogP contribution in [0.4, 0.5) is 11.4 Å². The van der Waals surface area contributed by atoms with Gasteiger partial charge in [-0.1, -0.05) is 70.2 Å². The summed E-state index contributed by atoms with van der Waals surface area (Å²) in [4.78, 5) is 28.8. The van der Waals surface area contributed by atoms with Crippen LogP contribution in [0.25, 0.3) is 24.3 Å². The smallest absolute Gasteiger partial charge is 0.286 e. The molecule has 2 aromatic carbocycles. The van der Waals surface area contributed by atoms with Gasteiger partial charge < -0.3 is 40.9 Å². The first-order chi connectivity index (χ1) is 27.2. The zero-order valence-electron chi connectivity index (χ0n) is 31.1. The van der Waals surface area contributed by atoms with E-state index in [1.165, 1.54) is 0 Å². The normalized spacial score (nSPS) is 19.6. The number of aromatic nitrogens is 2. The number of β-amino-alcohol motifs (C(OH)–C–C–N with tert-alkyl or cyclic N) is 4. The third-order valence-electron chi connectivity index (χ3n) is 9.56. The Morgan fingerprint density at radius 1 is 0.536 bits per heavy atom. The first kappa shape index (κ1) is 40.9. The molecule has 2 aliphatic rings. The Morgan fingerprint density at radius 2 is 0.839 bits per heavy atom. The van der Waals surface area contributed by atoms with Gasteiger partial charge in [0.05, 0.1) is 24.4 Å². The second kappa shape index (κ2) is 20.5. The van der Waals surface area contributed by atoms with E-state index in [4.69, 9.17) is 0 Å². The summed E-state index contributed by atoms with van der Waals surface area (Å²) >= 11 is 0. The number of carbonyl (C=O) groups is 2. The van der Waals surface area contributed by atoms with Crippen molar-refractivity contribution in [2.75, 3.05) is 60.6 Å². The van der Waals surface area contributed by atoms with Crippen LogP contribution in [0.15, 0.2) is 97.6 Å². The summed E-state index contributed by atoms with van der Waals surface area (Å²) in [6, 6.07) is 23.8. The molecule has 0 aliphatic carbocycles. The molecule has 0 saturated carbocycles. The fourth-order valence-electron chi connectivity index (χ4n) is 6.33. The van der Waals surface area contributed by atoms with Crippen LogP contribution in [-0.4, -0.2) is 107 Å². The van der Waals surface area contributed by atoms with E-state index in [0.717, 1.165) is 45.1 Å². The molecule has 14 heteroatoms. The quantitative estimate of drug-likeness (QED) is 0.0532. The molecule has 294 valence electrons. The standard InChI is InChI=1S/C42H48N6O6S2/c49-37-25-47(26-38(37)50)35-9-5-31(6-10-35)1-3-33-13-19-45(20-14-33)29-41(53)43-17-23-55-56-24-18-44-42(54)30-46-21-15-34(16-22-46)4-2-32-7-11-36(12-8-32)48-27-39(51)40(52)28-48/h1-16,19-22,37-40,49-52H,17-18,23-30H2/p+2. The maximum absolute atomic E-state index is 12.4. The summed E-state index contributed by atoms with van der Waals surface area (Å²) in [5, 5.41) is 45.1. The number of carbonyl (C=O) groups excluding carboxylic acids is 2. The van der Waals surface area contributed by atoms with E-state index in [-0.39, 0.29) is 24.9 Å². The van der Waals surface area contributed by atoms with Gasteiger partial charge in [-0.3, -0.25) is 9.59 Å². The van der Waals surface area contributed by atoms with Gasteiger partial charge in [-0.25, -0.2) is 0 Å². The van der Waals surface area contributed by atoms with Gasteiger partial charge in [0.2, 0.25) is 13.1 Å². The second-order valence-electron chi connectivity index (χ2n) is 13.9. The lowest BCUT2D eigenvalue weighted by Gasteiger charge is -2.17. The third kappa shape index (κ3) is 12.4. The minimum Gasteiger partial charge on any atom is -0.389 e. The predicted molar refractivity (Wildman–Crippen MR) is 223 cm³/mol. The summed E-state index contributed by atoms with van der Waals surface area (Å²) < 4.78 is 3.68. The highest BCUT2D eigenvalue weighted by Gasteiger charge is 2.30. The molecule has 4 unspecified atom stereocenters. The summed E-state index contributed by atoms with van der Waals surface area (Å²) in [6.45, 7) is 3.32. The Kier molecular flexibility index (Phi) is 15.0. The molecule has 2 fully saturated rings. The number of amides is 2. The molecule has 6 N–H and O–H groups in total. The second-order valence-corrected chi connectivity index (χ2v) is 16.6. The molecule has 4 atom stereocenters. The number of hydrogen-bond donors (Lipinski definition) is 6. The number of aliphatic hydroxyl groups excluding tert-OH is 4. The van der Waals surface area contributed by atoms with Crippen LogP contribution in [0.1, 0.15) is 22.3 Å². The number of anilines is 2. The van der Waals surface area contributed by atoms with Gasteiger partial charge in [-0.15, -0.1) is 0 Å². The SMILES string of the molecule is O=C(C[n+]1ccc(C=Cc2ccc(N3CC(O)C(O)C3)cc2)cc1)NCCSSCCNC(=O)C[n+]1ccc(C=Cc2ccc(N3CC(O)C(O)C3)cc2)cc1. The van der Waals surface area contributed by atoms with Crippen molar-refractivity contribution in [3.8, 4) is 0 Å². The fourth-order valence-corrected chi connectivity index (χ4v) is 8.15. The van der Waals surface area contributed by atoms with Crippen LogP contribution in [0.3, 0.4) is 0 Å². The van der Waals surface area contributed by atoms with Crippen LogP contribution in [0.2, 0.25) is 0 Å². The van der Waals surface area contributed by atoms with Crippen molar-refractivity contribution in [1.29, 1.82) is 0 Å². The lowest BCUT2D eigenvalue weighted by Crippen LogP contribution is -2.43. The number of nitrogens with zero attached hydrogens (tertiary/aromatic N) is 4. The van der Waals surface area contributed by atoms with Gasteiger partial charge in [-0.2, -0.15) is 9.13 Å². The molecule has 0 spiro atoms. The summed E-state index contributed by atoms with van der Waals surface area (Å²) in [6.07, 6.45) is 12.8. The maximum Gasteiger partial charge on any atom is 0.286 e. The van der Waals surface area contributed by atoms with Crippen LogP contribution < -0.4 is 29.6 Å². The van der Waals surface area contributed by atoms with Crippen LogP contribution in [0, 0.1) is 0 Å². The van der Waals surface area contributed by atoms with Crippen LogP contribution in [0.5, 0.6) is 0 Å². The lowest BCUT2D eigenvalue weighted by molar-refractivity contribution is -0.684. The minimum atomic E-state index is -0.712. The van der Waals surface area contributed by atoms with Crippen molar-refractivity contribution < 1.29 is 39.1 Å². The highest BCUT2D eigenvalue weighted by atomic mass is 33.1. The van der Waals surface area contributed by atoms with Crippen LogP contribution >= 0.6 is 21.6 Å². The highest BCUT2D eigenvalue weighted by molar-refractivity contribution is 8.76. The molecule has 4 heterocycles. The zero-order chi connectivity index (χ0) is 39.3. The fraction of sp³-hybridized carbons (Fsp3) is 0.333. The van der Waals surface area contributed by atoms with E-state index in [9.17, 15) is 30.0 Å². The molecular formula is C42H50N6O6S2+2. The monoisotopic (exact) mass is 798 g/mol. The molecule has 2 aliphatic heterocycles. The minimum absolute atomic E-state index is 0.0518. The van der Waals surface area contributed by atoms with Gasteiger partial charge in [0.1, 0.15) is 0 Å². The van der Waals surface area contributed by atoms with E-state index >= 15 is 0 Å². The Hall–Kier alpha value is -4.70. The van der Waals surface area contributed by atoms with E-state index in [1.54, 1.807) is 21.6 Å². The van der Waals surface area contributed by atoms with Crippen molar-refractivity contribution in [3.05, 3.63) is 120 Å². The number of nitrogens with one attached hydrogen (secondary N) is 2. The average molecular weight is 799 g/mol. The van der Waals surface area contributed by atoms with E-state index in [2.05, 4.69) is 10.6 Å². The molecular weight excluding hydrogens is 749 g/mol. The van der Waals surface area contributed by atoms with Gasteiger partial charge in [0, 0.05) is 86.4 Å². The zero-order valence-corrected chi connectivity index (χ0v) is 32.8. The molecule has 4 aromatic rings. The van der Waals surface area contributed by atoms with Crippen molar-refractivity contribution in [2.45, 2.75) is 37.5 Å². The number of hydrogen-bond acceptors (Lipinski definition) is 10. The Balaban J connectivity index is 0.791. The summed E-state index contributed by atoms with van der Waals surface area (Å²) in [7, 11) is 3.33. The summed E-state index contributed by atoms with van der Waals surface area (Å²) in [5.41, 5.74) is 6.06. The third-order valence-corrected chi connectivity index (χ3v) is 12.0. The lowest BCUT2D eigenvalue weighted by atomic mass is 10.1. The Morgan fingerprint density at radius 3 is 1.16 bits per heavy atom. The Labute approximate surface area is 335 Å². The first-order valence-electron chi connectivity index (χ1n) is 18.7. The van der Waals surface area contributed by atoms with Crippen molar-refractivity contribution >= 4 is 69.1 Å². The molecule has 12 nitrogen and oxygen atoms in total. The van der Waals surface area contributed by atoms with Crippen molar-refractivity contribution in [3.63, 3.8) is 0 Å². The molecule has 2 aromatic heterocycles. The van der Waals surface area contributed by atoms with Gasteiger partial charge in [-0.05, 0) is 46.5 Å². The topological polar surface area (TPSA) is 153 Å². The number of pyridine rings is 2. The molecule has 56 heavy (non-hydrogen) atoms. The highest BCUT2D eigenvalue weighted by Crippen LogP contribution is 2.23. The first-order valence-corrected chi connectivity index (χ1v) is 21.2. The van der Waals surface area contributed by atoms with Crippen molar-refractivity contribution in [1.82, 2.24) is 10.6 Å². The molecule has 0 bridgehead atoms. The van der Waals surface area contributed by atoms with Gasteiger partial charge in [0.15, 0.2) is 24.8 Å². The average Bonchev–Trinajstić information content (AvgIpc) is 3.73. The molecule has 2 saturated heterocycles. The molecule has 6 rings (SSSR count). The largest absolute Gasteiger partial charge is 0.389 e. The Bertz CT molecular complexity index is 1770. The van der Waals surface area contributed by atoms with Gasteiger partial charge in [0.25, 0.3) is 11.8 Å². The van der Waals surface area contributed by atoms with E-state index in [0.29, 0.717) is 39.3 Å². The number of benzene rings is 2. The molecule has 2 amide bonds.